The van der Waals surface area contributed by atoms with E-state index in [-0.39, 0.29) is 17.4 Å². The molecule has 0 bridgehead atoms. The maximum absolute atomic E-state index is 11.9. The van der Waals surface area contributed by atoms with Gasteiger partial charge in [-0.15, -0.1) is 22.9 Å². The van der Waals surface area contributed by atoms with E-state index < -0.39 is 21.3 Å². The summed E-state index contributed by atoms with van der Waals surface area (Å²) in [5, 5.41) is 2.10. The molecular weight excluding hydrogens is 429 g/mol. The molecule has 0 radical (unpaired) electrons. The molecule has 18 heavy (non-hydrogen) atoms. The molecule has 1 saturated heterocycles. The van der Waals surface area contributed by atoms with Crippen molar-refractivity contribution >= 4 is 70.5 Å². The Kier molecular flexibility index (Phi) is 4.43. The monoisotopic (exact) mass is 435 g/mol. The Bertz CT molecular complexity index is 567. The van der Waals surface area contributed by atoms with Crippen molar-refractivity contribution in [3.05, 3.63) is 19.2 Å². The number of nitrogens with one attached hydrogen (secondary N) is 1. The highest BCUT2D eigenvalue weighted by atomic mass is 79.9. The van der Waals surface area contributed by atoms with E-state index in [0.29, 0.717) is 4.88 Å². The van der Waals surface area contributed by atoms with Crippen molar-refractivity contribution in [1.29, 1.82) is 0 Å². The zero-order chi connectivity index (χ0) is 13.5. The van der Waals surface area contributed by atoms with Crippen LogP contribution in [0.1, 0.15) is 9.67 Å². The zero-order valence-corrected chi connectivity index (χ0v) is 14.4. The smallest absolute Gasteiger partial charge is 0.261 e. The molecule has 2 heterocycles. The lowest BCUT2D eigenvalue weighted by molar-refractivity contribution is 0.0945. The fourth-order valence-corrected chi connectivity index (χ4v) is 6.12. The predicted octanol–water partition coefficient (Wildman–Crippen LogP) is 2.41. The molecule has 2 unspecified atom stereocenters. The maximum Gasteiger partial charge on any atom is 0.261 e. The Morgan fingerprint density at radius 1 is 1.44 bits per heavy atom. The minimum absolute atomic E-state index is 0.0860. The van der Waals surface area contributed by atoms with Crippen LogP contribution in [0.4, 0.5) is 0 Å². The number of rotatable bonds is 2. The first-order valence-corrected chi connectivity index (χ1v) is 9.55. The van der Waals surface area contributed by atoms with Gasteiger partial charge < -0.3 is 5.32 Å². The summed E-state index contributed by atoms with van der Waals surface area (Å²) >= 11 is 13.8. The highest BCUT2D eigenvalue weighted by molar-refractivity contribution is 9.13. The van der Waals surface area contributed by atoms with Crippen LogP contribution in [-0.4, -0.2) is 37.2 Å². The SMILES string of the molecule is O=C(NC1CS(=O)(=O)CC1Cl)c1cc(Br)c(Br)s1. The van der Waals surface area contributed by atoms with Gasteiger partial charge in [0.05, 0.1) is 31.6 Å². The first-order valence-electron chi connectivity index (χ1n) is 4.89. The van der Waals surface area contributed by atoms with E-state index >= 15 is 0 Å². The molecule has 1 aliphatic heterocycles. The van der Waals surface area contributed by atoms with Crippen LogP contribution in [0.25, 0.3) is 0 Å². The largest absolute Gasteiger partial charge is 0.346 e. The Morgan fingerprint density at radius 2 is 2.11 bits per heavy atom. The number of hydrogen-bond donors (Lipinski definition) is 1. The van der Waals surface area contributed by atoms with Gasteiger partial charge in [0, 0.05) is 4.47 Å². The van der Waals surface area contributed by atoms with Gasteiger partial charge in [-0.2, -0.15) is 0 Å². The van der Waals surface area contributed by atoms with Crippen LogP contribution in [0.15, 0.2) is 14.3 Å². The van der Waals surface area contributed by atoms with E-state index in [1.165, 1.54) is 11.3 Å². The minimum atomic E-state index is -3.14. The summed E-state index contributed by atoms with van der Waals surface area (Å²) in [6.07, 6.45) is 0. The molecule has 2 atom stereocenters. The third kappa shape index (κ3) is 3.27. The molecule has 9 heteroatoms. The molecule has 1 aliphatic rings. The van der Waals surface area contributed by atoms with Crippen molar-refractivity contribution in [2.75, 3.05) is 11.5 Å². The number of thiophene rings is 1. The first kappa shape index (κ1) is 14.8. The van der Waals surface area contributed by atoms with Crippen LogP contribution < -0.4 is 5.32 Å². The van der Waals surface area contributed by atoms with Crippen molar-refractivity contribution in [1.82, 2.24) is 5.32 Å². The van der Waals surface area contributed by atoms with E-state index in [1.807, 2.05) is 0 Å². The second kappa shape index (κ2) is 5.40. The van der Waals surface area contributed by atoms with Gasteiger partial charge in [0.25, 0.3) is 5.91 Å². The van der Waals surface area contributed by atoms with Crippen LogP contribution >= 0.6 is 54.8 Å². The van der Waals surface area contributed by atoms with Crippen LogP contribution in [0.3, 0.4) is 0 Å². The quantitative estimate of drug-likeness (QED) is 0.723. The van der Waals surface area contributed by atoms with Crippen LogP contribution in [0.5, 0.6) is 0 Å². The van der Waals surface area contributed by atoms with Crippen molar-refractivity contribution in [3.63, 3.8) is 0 Å². The molecule has 4 nitrogen and oxygen atoms in total. The molecule has 1 aromatic rings. The number of carbonyl (C=O) groups excluding carboxylic acids is 1. The highest BCUT2D eigenvalue weighted by Crippen LogP contribution is 2.32. The van der Waals surface area contributed by atoms with Gasteiger partial charge in [-0.3, -0.25) is 4.79 Å². The van der Waals surface area contributed by atoms with Crippen molar-refractivity contribution < 1.29 is 13.2 Å². The third-order valence-corrected chi connectivity index (χ3v) is 8.10. The van der Waals surface area contributed by atoms with Crippen LogP contribution in [0.2, 0.25) is 0 Å². The second-order valence-corrected chi connectivity index (χ2v) is 9.84. The number of halogens is 3. The second-order valence-electron chi connectivity index (χ2n) is 3.91. The normalized spacial score (nSPS) is 26.2. The van der Waals surface area contributed by atoms with Gasteiger partial charge in [-0.25, -0.2) is 8.42 Å². The van der Waals surface area contributed by atoms with Gasteiger partial charge in [-0.05, 0) is 37.9 Å². The Labute approximate surface area is 130 Å². The molecule has 2 rings (SSSR count). The summed E-state index contributed by atoms with van der Waals surface area (Å²) in [4.78, 5) is 12.4. The van der Waals surface area contributed by atoms with Gasteiger partial charge in [-0.1, -0.05) is 0 Å². The summed E-state index contributed by atoms with van der Waals surface area (Å²) in [5.74, 6) is -0.489. The van der Waals surface area contributed by atoms with E-state index in [1.54, 1.807) is 6.07 Å². The first-order chi connectivity index (χ1) is 8.28. The fraction of sp³-hybridized carbons (Fsp3) is 0.444. The highest BCUT2D eigenvalue weighted by Gasteiger charge is 2.37. The molecule has 1 amide bonds. The maximum atomic E-state index is 11.9. The number of sulfone groups is 1. The standard InChI is InChI=1S/C9H8Br2ClNO3S2/c10-4-1-7(17-8(4)11)9(14)13-6-3-18(15,16)2-5(6)12/h1,5-6H,2-3H2,(H,13,14). The summed E-state index contributed by atoms with van der Waals surface area (Å²) in [6, 6.07) is 1.15. The molecule has 0 aliphatic carbocycles. The van der Waals surface area contributed by atoms with Crippen molar-refractivity contribution in [3.8, 4) is 0 Å². The zero-order valence-electron chi connectivity index (χ0n) is 8.82. The predicted molar refractivity (Wildman–Crippen MR) is 79.3 cm³/mol. The molecule has 0 saturated carbocycles. The number of hydrogen-bond acceptors (Lipinski definition) is 4. The van der Waals surface area contributed by atoms with Crippen LogP contribution in [0, 0.1) is 0 Å². The summed E-state index contributed by atoms with van der Waals surface area (Å²) in [5.41, 5.74) is 0. The number of alkyl halides is 1. The topological polar surface area (TPSA) is 63.2 Å². The summed E-state index contributed by atoms with van der Waals surface area (Å²) < 4.78 is 24.4. The van der Waals surface area contributed by atoms with Gasteiger partial charge in [0.15, 0.2) is 9.84 Å². The molecule has 0 aromatic carbocycles. The number of carbonyl (C=O) groups is 1. The van der Waals surface area contributed by atoms with Crippen LogP contribution in [-0.2, 0) is 9.84 Å². The van der Waals surface area contributed by atoms with Gasteiger partial charge in [0.2, 0.25) is 0 Å². The third-order valence-electron chi connectivity index (χ3n) is 2.47. The summed E-state index contributed by atoms with van der Waals surface area (Å²) in [6.45, 7) is 0. The number of amides is 1. The molecular formula is C9H8Br2ClNO3S2. The molecule has 0 spiro atoms. The minimum Gasteiger partial charge on any atom is -0.346 e. The summed E-state index contributed by atoms with van der Waals surface area (Å²) in [7, 11) is -3.14. The van der Waals surface area contributed by atoms with E-state index in [2.05, 4.69) is 37.2 Å². The van der Waals surface area contributed by atoms with E-state index in [4.69, 9.17) is 11.6 Å². The average molecular weight is 438 g/mol. The van der Waals surface area contributed by atoms with Gasteiger partial charge >= 0.3 is 0 Å². The average Bonchev–Trinajstić information content (AvgIpc) is 2.68. The molecule has 1 aromatic heterocycles. The van der Waals surface area contributed by atoms with Gasteiger partial charge in [0.1, 0.15) is 0 Å². The van der Waals surface area contributed by atoms with E-state index in [0.717, 1.165) is 8.26 Å². The molecule has 100 valence electrons. The lowest BCUT2D eigenvalue weighted by atomic mass is 10.2. The molecule has 1 N–H and O–H groups in total. The Morgan fingerprint density at radius 3 is 2.56 bits per heavy atom. The fourth-order valence-electron chi connectivity index (χ4n) is 1.63. The van der Waals surface area contributed by atoms with Crippen molar-refractivity contribution in [2.24, 2.45) is 0 Å². The lowest BCUT2D eigenvalue weighted by Gasteiger charge is -2.13. The lowest BCUT2D eigenvalue weighted by Crippen LogP contribution is -2.40. The van der Waals surface area contributed by atoms with E-state index in [9.17, 15) is 13.2 Å². The van der Waals surface area contributed by atoms with Crippen molar-refractivity contribution in [2.45, 2.75) is 11.4 Å². The Hall–Kier alpha value is 0.370. The Balaban J connectivity index is 2.09. The molecule has 1 fully saturated rings.